The molecule has 0 spiro atoms. The first-order chi connectivity index (χ1) is 7.44. The van der Waals surface area contributed by atoms with Crippen molar-refractivity contribution in [3.8, 4) is 0 Å². The molecule has 16 heavy (non-hydrogen) atoms. The minimum Gasteiger partial charge on any atom is -0.480 e. The molecule has 1 heterocycles. The highest BCUT2D eigenvalue weighted by Crippen LogP contribution is 2.40. The van der Waals surface area contributed by atoms with Gasteiger partial charge >= 0.3 is 5.97 Å². The molecule has 1 aliphatic carbocycles. The Bertz CT molecular complexity index is 289. The van der Waals surface area contributed by atoms with Crippen molar-refractivity contribution in [3.63, 3.8) is 0 Å². The number of aliphatic carboxylic acids is 1. The van der Waals surface area contributed by atoms with Crippen LogP contribution in [0.1, 0.15) is 33.1 Å². The summed E-state index contributed by atoms with van der Waals surface area (Å²) in [5.74, 6) is 1.82. The lowest BCUT2D eigenvalue weighted by Gasteiger charge is -2.42. The molecule has 0 bridgehead atoms. The van der Waals surface area contributed by atoms with E-state index in [9.17, 15) is 9.90 Å². The third-order valence-corrected chi connectivity index (χ3v) is 5.14. The van der Waals surface area contributed by atoms with Crippen LogP contribution in [-0.2, 0) is 4.79 Å². The Labute approximate surface area is 101 Å². The largest absolute Gasteiger partial charge is 0.480 e. The maximum absolute atomic E-state index is 11.5. The summed E-state index contributed by atoms with van der Waals surface area (Å²) in [6.45, 7) is 5.20. The first-order valence-electron chi connectivity index (χ1n) is 6.00. The van der Waals surface area contributed by atoms with Crippen LogP contribution in [0.15, 0.2) is 0 Å². The van der Waals surface area contributed by atoms with Crippen molar-refractivity contribution < 1.29 is 9.90 Å². The van der Waals surface area contributed by atoms with Crippen molar-refractivity contribution >= 4 is 17.7 Å². The van der Waals surface area contributed by atoms with Gasteiger partial charge in [-0.2, -0.15) is 11.8 Å². The van der Waals surface area contributed by atoms with Crippen molar-refractivity contribution in [2.45, 2.75) is 38.6 Å². The predicted molar refractivity (Wildman–Crippen MR) is 66.8 cm³/mol. The first-order valence-corrected chi connectivity index (χ1v) is 7.15. The van der Waals surface area contributed by atoms with Gasteiger partial charge in [-0.1, -0.05) is 13.8 Å². The van der Waals surface area contributed by atoms with Crippen molar-refractivity contribution in [2.24, 2.45) is 11.3 Å². The van der Waals surface area contributed by atoms with Gasteiger partial charge in [0.25, 0.3) is 0 Å². The van der Waals surface area contributed by atoms with E-state index >= 15 is 0 Å². The molecule has 1 atom stereocenters. The van der Waals surface area contributed by atoms with E-state index in [1.165, 1.54) is 12.8 Å². The number of hydrogen-bond acceptors (Lipinski definition) is 3. The van der Waals surface area contributed by atoms with Crippen LogP contribution in [0.5, 0.6) is 0 Å². The molecule has 2 fully saturated rings. The number of rotatable bonds is 4. The molecule has 2 aliphatic rings. The van der Waals surface area contributed by atoms with Crippen LogP contribution in [-0.4, -0.2) is 34.7 Å². The van der Waals surface area contributed by atoms with E-state index in [1.807, 2.05) is 0 Å². The van der Waals surface area contributed by atoms with Gasteiger partial charge in [0.15, 0.2) is 0 Å². The molecule has 2 rings (SSSR count). The molecule has 1 unspecified atom stereocenters. The van der Waals surface area contributed by atoms with Crippen LogP contribution >= 0.6 is 11.8 Å². The summed E-state index contributed by atoms with van der Waals surface area (Å²) >= 11 is 1.77. The predicted octanol–water partition coefficient (Wildman–Crippen LogP) is 1.97. The third kappa shape index (κ3) is 2.72. The summed E-state index contributed by atoms with van der Waals surface area (Å²) in [6, 6.07) is 0. The molecular weight excluding hydrogens is 222 g/mol. The molecule has 1 saturated heterocycles. The van der Waals surface area contributed by atoms with Gasteiger partial charge in [-0.05, 0) is 42.9 Å². The van der Waals surface area contributed by atoms with Crippen LogP contribution in [0.25, 0.3) is 0 Å². The number of carbonyl (C=O) groups is 1. The second-order valence-corrected chi connectivity index (χ2v) is 7.03. The maximum Gasteiger partial charge on any atom is 0.324 e. The number of hydrogen-bond donors (Lipinski definition) is 2. The van der Waals surface area contributed by atoms with Crippen LogP contribution in [0, 0.1) is 11.3 Å². The zero-order valence-electron chi connectivity index (χ0n) is 10.1. The Morgan fingerprint density at radius 2 is 2.12 bits per heavy atom. The van der Waals surface area contributed by atoms with Crippen molar-refractivity contribution in [3.05, 3.63) is 0 Å². The van der Waals surface area contributed by atoms with Gasteiger partial charge in [-0.25, -0.2) is 0 Å². The van der Waals surface area contributed by atoms with Crippen LogP contribution in [0.3, 0.4) is 0 Å². The second-order valence-electron chi connectivity index (χ2n) is 6.05. The molecule has 4 heteroatoms. The minimum atomic E-state index is -0.686. The molecule has 0 aromatic heterocycles. The van der Waals surface area contributed by atoms with E-state index in [-0.39, 0.29) is 5.41 Å². The summed E-state index contributed by atoms with van der Waals surface area (Å²) < 4.78 is 0. The summed E-state index contributed by atoms with van der Waals surface area (Å²) in [6.07, 6.45) is 3.27. The highest BCUT2D eigenvalue weighted by Gasteiger charge is 2.46. The van der Waals surface area contributed by atoms with E-state index in [0.717, 1.165) is 24.6 Å². The zero-order chi connectivity index (χ0) is 11.8. The summed E-state index contributed by atoms with van der Waals surface area (Å²) in [4.78, 5) is 11.5. The third-order valence-electron chi connectivity index (χ3n) is 3.46. The average molecular weight is 243 g/mol. The van der Waals surface area contributed by atoms with Gasteiger partial charge < -0.3 is 10.4 Å². The van der Waals surface area contributed by atoms with E-state index in [4.69, 9.17) is 0 Å². The van der Waals surface area contributed by atoms with Crippen molar-refractivity contribution in [1.29, 1.82) is 0 Å². The minimum absolute atomic E-state index is 0.123. The SMILES string of the molecule is CC1(C)CSCC(NCC2CC2)(C(=O)O)C1. The van der Waals surface area contributed by atoms with Gasteiger partial charge in [-0.15, -0.1) is 0 Å². The Morgan fingerprint density at radius 3 is 2.62 bits per heavy atom. The fourth-order valence-corrected chi connectivity index (χ4v) is 3.84. The summed E-state index contributed by atoms with van der Waals surface area (Å²) in [5, 5.41) is 12.8. The van der Waals surface area contributed by atoms with Gasteiger partial charge in [0, 0.05) is 5.75 Å². The molecule has 0 aromatic rings. The second kappa shape index (κ2) is 4.22. The lowest BCUT2D eigenvalue weighted by atomic mass is 9.79. The van der Waals surface area contributed by atoms with E-state index in [2.05, 4.69) is 19.2 Å². The number of nitrogens with one attached hydrogen (secondary N) is 1. The standard InChI is InChI=1S/C12H21NO2S/c1-11(2)6-12(10(14)15,8-16-7-11)13-5-9-3-4-9/h9,13H,3-8H2,1-2H3,(H,14,15). The molecule has 0 radical (unpaired) electrons. The van der Waals surface area contributed by atoms with Crippen molar-refractivity contribution in [1.82, 2.24) is 5.32 Å². The molecular formula is C12H21NO2S. The lowest BCUT2D eigenvalue weighted by molar-refractivity contribution is -0.145. The summed E-state index contributed by atoms with van der Waals surface area (Å²) in [7, 11) is 0. The molecule has 92 valence electrons. The molecule has 2 N–H and O–H groups in total. The molecule has 0 amide bonds. The van der Waals surface area contributed by atoms with Crippen LogP contribution < -0.4 is 5.32 Å². The Kier molecular flexibility index (Phi) is 3.23. The highest BCUT2D eigenvalue weighted by molar-refractivity contribution is 7.99. The fourth-order valence-electron chi connectivity index (χ4n) is 2.41. The molecule has 1 saturated carbocycles. The Hall–Kier alpha value is -0.220. The maximum atomic E-state index is 11.5. The quantitative estimate of drug-likeness (QED) is 0.792. The van der Waals surface area contributed by atoms with Crippen LogP contribution in [0.2, 0.25) is 0 Å². The van der Waals surface area contributed by atoms with Gasteiger partial charge in [0.2, 0.25) is 0 Å². The zero-order valence-corrected chi connectivity index (χ0v) is 10.9. The summed E-state index contributed by atoms with van der Waals surface area (Å²) in [5.41, 5.74) is -0.563. The van der Waals surface area contributed by atoms with Crippen molar-refractivity contribution in [2.75, 3.05) is 18.1 Å². The van der Waals surface area contributed by atoms with Gasteiger partial charge in [-0.3, -0.25) is 4.79 Å². The topological polar surface area (TPSA) is 49.3 Å². The molecule has 0 aromatic carbocycles. The molecule has 3 nitrogen and oxygen atoms in total. The van der Waals surface area contributed by atoms with Gasteiger partial charge in [0.05, 0.1) is 0 Å². The number of carboxylic acid groups (broad SMARTS) is 1. The monoisotopic (exact) mass is 243 g/mol. The Balaban J connectivity index is 2.03. The average Bonchev–Trinajstić information content (AvgIpc) is 2.96. The Morgan fingerprint density at radius 1 is 1.44 bits per heavy atom. The van der Waals surface area contributed by atoms with E-state index in [0.29, 0.717) is 5.75 Å². The first kappa shape index (κ1) is 12.2. The fraction of sp³-hybridized carbons (Fsp3) is 0.917. The highest BCUT2D eigenvalue weighted by atomic mass is 32.2. The number of thioether (sulfide) groups is 1. The lowest BCUT2D eigenvalue weighted by Crippen LogP contribution is -2.59. The van der Waals surface area contributed by atoms with E-state index in [1.54, 1.807) is 11.8 Å². The van der Waals surface area contributed by atoms with Crippen LogP contribution in [0.4, 0.5) is 0 Å². The van der Waals surface area contributed by atoms with Gasteiger partial charge in [0.1, 0.15) is 5.54 Å². The normalized spacial score (nSPS) is 33.6. The smallest absolute Gasteiger partial charge is 0.324 e. The van der Waals surface area contributed by atoms with E-state index < -0.39 is 11.5 Å². The molecule has 1 aliphatic heterocycles. The number of carboxylic acids is 1.